The van der Waals surface area contributed by atoms with Crippen molar-refractivity contribution in [3.05, 3.63) is 194 Å². The average Bonchev–Trinajstić information content (AvgIpc) is 3.25. The second-order valence-electron chi connectivity index (χ2n) is 13.7. The Labute approximate surface area is 313 Å². The summed E-state index contributed by atoms with van der Waals surface area (Å²) in [6, 6.07) is 68.2. The highest BCUT2D eigenvalue weighted by Gasteiger charge is 2.15. The Bertz CT molecular complexity index is 3100. The van der Waals surface area contributed by atoms with E-state index in [2.05, 4.69) is 152 Å². The van der Waals surface area contributed by atoms with Gasteiger partial charge in [-0.25, -0.2) is 9.97 Å². The van der Waals surface area contributed by atoms with Crippen LogP contribution in [-0.2, 0) is 0 Å². The zero-order valence-corrected chi connectivity index (χ0v) is 29.2. The molecule has 250 valence electrons. The first-order valence-electron chi connectivity index (χ1n) is 18.1. The number of nitrogens with zero attached hydrogens (tertiary/aromatic N) is 3. The predicted octanol–water partition coefficient (Wildman–Crippen LogP) is 13.3. The van der Waals surface area contributed by atoms with Gasteiger partial charge in [-0.2, -0.15) is 5.26 Å². The number of hydrogen-bond acceptors (Lipinski definition) is 3. The molecule has 0 N–H and O–H groups in total. The lowest BCUT2D eigenvalue weighted by atomic mass is 9.89. The molecular formula is C51H31N3. The fourth-order valence-electron chi connectivity index (χ4n) is 7.75. The Morgan fingerprint density at radius 1 is 0.333 bits per heavy atom. The van der Waals surface area contributed by atoms with Crippen LogP contribution in [0.3, 0.4) is 0 Å². The third-order valence-corrected chi connectivity index (χ3v) is 10.5. The van der Waals surface area contributed by atoms with E-state index in [1.165, 1.54) is 43.4 Å². The second kappa shape index (κ2) is 13.0. The molecule has 54 heavy (non-hydrogen) atoms. The number of aromatic nitrogens is 2. The number of nitriles is 1. The molecule has 0 unspecified atom stereocenters. The van der Waals surface area contributed by atoms with Crippen LogP contribution in [0.25, 0.3) is 99.2 Å². The van der Waals surface area contributed by atoms with Crippen LogP contribution in [0.1, 0.15) is 5.56 Å². The van der Waals surface area contributed by atoms with Crippen LogP contribution < -0.4 is 0 Å². The Kier molecular flexibility index (Phi) is 7.53. The standard InChI is InChI=1S/C51H31N3/c52-32-33-17-19-34(20-18-33)37-13-8-14-41(27-37)49-31-48(36-10-2-1-3-11-36)53-51(54-49)43-24-22-38-28-42(23-21-39(38)29-43)50-45-16-7-5-12-40(45)30-47-44-15-6-4-9-35(44)25-26-46(47)50/h1-31H. The van der Waals surface area contributed by atoms with E-state index in [4.69, 9.17) is 9.97 Å². The number of fused-ring (bicyclic) bond motifs is 5. The normalized spacial score (nSPS) is 11.3. The van der Waals surface area contributed by atoms with Crippen molar-refractivity contribution in [2.75, 3.05) is 0 Å². The zero-order valence-electron chi connectivity index (χ0n) is 29.2. The smallest absolute Gasteiger partial charge is 0.160 e. The lowest BCUT2D eigenvalue weighted by Crippen LogP contribution is -1.96. The van der Waals surface area contributed by atoms with Gasteiger partial charge in [-0.3, -0.25) is 0 Å². The van der Waals surface area contributed by atoms with Crippen molar-refractivity contribution in [3.8, 4) is 62.2 Å². The Hall–Kier alpha value is -7.41. The SMILES string of the molecule is N#Cc1ccc(-c2cccc(-c3cc(-c4ccccc4)nc(-c4ccc5cc(-c6c7ccccc7cc7c6ccc6ccccc67)ccc5c4)n3)c2)cc1. The van der Waals surface area contributed by atoms with Crippen LogP contribution in [0.15, 0.2) is 188 Å². The minimum Gasteiger partial charge on any atom is -0.228 e. The summed E-state index contributed by atoms with van der Waals surface area (Å²) in [5.41, 5.74) is 9.91. The Balaban J connectivity index is 1.09. The molecule has 0 bridgehead atoms. The Morgan fingerprint density at radius 3 is 1.74 bits per heavy atom. The van der Waals surface area contributed by atoms with Gasteiger partial charge in [0.1, 0.15) is 0 Å². The maximum absolute atomic E-state index is 9.28. The third-order valence-electron chi connectivity index (χ3n) is 10.5. The van der Waals surface area contributed by atoms with E-state index in [1.807, 2.05) is 42.5 Å². The van der Waals surface area contributed by atoms with Crippen molar-refractivity contribution >= 4 is 43.1 Å². The first kappa shape index (κ1) is 31.3. The average molecular weight is 686 g/mol. The predicted molar refractivity (Wildman–Crippen MR) is 224 cm³/mol. The van der Waals surface area contributed by atoms with E-state index >= 15 is 0 Å². The number of benzene rings is 9. The van der Waals surface area contributed by atoms with Gasteiger partial charge in [0.05, 0.1) is 23.0 Å². The highest BCUT2D eigenvalue weighted by atomic mass is 14.9. The van der Waals surface area contributed by atoms with Crippen molar-refractivity contribution in [1.82, 2.24) is 9.97 Å². The molecule has 0 spiro atoms. The topological polar surface area (TPSA) is 49.6 Å². The van der Waals surface area contributed by atoms with Crippen molar-refractivity contribution < 1.29 is 0 Å². The van der Waals surface area contributed by atoms with Crippen LogP contribution in [0.4, 0.5) is 0 Å². The van der Waals surface area contributed by atoms with Gasteiger partial charge in [0, 0.05) is 16.7 Å². The highest BCUT2D eigenvalue weighted by molar-refractivity contribution is 6.20. The molecule has 0 saturated carbocycles. The second-order valence-corrected chi connectivity index (χ2v) is 13.7. The van der Waals surface area contributed by atoms with Crippen LogP contribution in [0, 0.1) is 11.3 Å². The molecule has 3 nitrogen and oxygen atoms in total. The molecular weight excluding hydrogens is 655 g/mol. The number of rotatable bonds is 5. The summed E-state index contributed by atoms with van der Waals surface area (Å²) in [5.74, 6) is 0.674. The molecule has 0 aliphatic heterocycles. The zero-order chi connectivity index (χ0) is 36.0. The van der Waals surface area contributed by atoms with E-state index in [1.54, 1.807) is 0 Å². The van der Waals surface area contributed by atoms with E-state index in [-0.39, 0.29) is 0 Å². The lowest BCUT2D eigenvalue weighted by molar-refractivity contribution is 1.18. The molecule has 9 aromatic carbocycles. The molecule has 0 aliphatic rings. The fourth-order valence-corrected chi connectivity index (χ4v) is 7.75. The van der Waals surface area contributed by atoms with Crippen molar-refractivity contribution in [2.24, 2.45) is 0 Å². The first-order valence-corrected chi connectivity index (χ1v) is 18.1. The van der Waals surface area contributed by atoms with E-state index in [9.17, 15) is 5.26 Å². The first-order chi connectivity index (χ1) is 26.7. The molecule has 0 atom stereocenters. The van der Waals surface area contributed by atoms with Crippen LogP contribution in [0.2, 0.25) is 0 Å². The Morgan fingerprint density at radius 2 is 0.944 bits per heavy atom. The van der Waals surface area contributed by atoms with Crippen LogP contribution in [-0.4, -0.2) is 9.97 Å². The lowest BCUT2D eigenvalue weighted by Gasteiger charge is -2.15. The van der Waals surface area contributed by atoms with Gasteiger partial charge in [-0.15, -0.1) is 0 Å². The van der Waals surface area contributed by atoms with E-state index in [0.717, 1.165) is 50.0 Å². The van der Waals surface area contributed by atoms with Gasteiger partial charge in [-0.05, 0) is 108 Å². The van der Waals surface area contributed by atoms with Crippen LogP contribution in [0.5, 0.6) is 0 Å². The minimum atomic E-state index is 0.644. The minimum absolute atomic E-state index is 0.644. The van der Waals surface area contributed by atoms with Crippen molar-refractivity contribution in [1.29, 1.82) is 5.26 Å². The molecule has 0 amide bonds. The third kappa shape index (κ3) is 5.55. The summed E-state index contributed by atoms with van der Waals surface area (Å²) in [5, 5.41) is 19.1. The van der Waals surface area contributed by atoms with Gasteiger partial charge in [0.25, 0.3) is 0 Å². The molecule has 0 fully saturated rings. The van der Waals surface area contributed by atoms with Gasteiger partial charge in [-0.1, -0.05) is 146 Å². The summed E-state index contributed by atoms with van der Waals surface area (Å²) >= 11 is 0. The van der Waals surface area contributed by atoms with Crippen molar-refractivity contribution in [2.45, 2.75) is 0 Å². The van der Waals surface area contributed by atoms with E-state index < -0.39 is 0 Å². The van der Waals surface area contributed by atoms with Crippen molar-refractivity contribution in [3.63, 3.8) is 0 Å². The van der Waals surface area contributed by atoms with Gasteiger partial charge < -0.3 is 0 Å². The molecule has 0 aliphatic carbocycles. The molecule has 1 aromatic heterocycles. The van der Waals surface area contributed by atoms with Gasteiger partial charge in [0.15, 0.2) is 5.82 Å². The van der Waals surface area contributed by atoms with Gasteiger partial charge in [0.2, 0.25) is 0 Å². The maximum atomic E-state index is 9.28. The van der Waals surface area contributed by atoms with Crippen LogP contribution >= 0.6 is 0 Å². The summed E-state index contributed by atoms with van der Waals surface area (Å²) in [4.78, 5) is 10.3. The van der Waals surface area contributed by atoms with Gasteiger partial charge >= 0.3 is 0 Å². The maximum Gasteiger partial charge on any atom is 0.160 e. The monoisotopic (exact) mass is 685 g/mol. The quantitative estimate of drug-likeness (QED) is 0.134. The molecule has 0 radical (unpaired) electrons. The largest absolute Gasteiger partial charge is 0.228 e. The molecule has 0 saturated heterocycles. The summed E-state index contributed by atoms with van der Waals surface area (Å²) in [6.07, 6.45) is 0. The fraction of sp³-hybridized carbons (Fsp3) is 0. The van der Waals surface area contributed by atoms with E-state index in [0.29, 0.717) is 11.4 Å². The molecule has 1 heterocycles. The summed E-state index contributed by atoms with van der Waals surface area (Å²) in [7, 11) is 0. The molecule has 10 aromatic rings. The molecule has 3 heteroatoms. The molecule has 10 rings (SSSR count). The summed E-state index contributed by atoms with van der Waals surface area (Å²) < 4.78 is 0. The number of hydrogen-bond donors (Lipinski definition) is 0. The highest BCUT2D eigenvalue weighted by Crippen LogP contribution is 2.40. The summed E-state index contributed by atoms with van der Waals surface area (Å²) in [6.45, 7) is 0.